The fourth-order valence-electron chi connectivity index (χ4n) is 2.98. The van der Waals surface area contributed by atoms with Crippen molar-refractivity contribution in [1.82, 2.24) is 14.9 Å². The first-order valence-electron chi connectivity index (χ1n) is 8.18. The second-order valence-electron chi connectivity index (χ2n) is 5.68. The van der Waals surface area contributed by atoms with Gasteiger partial charge in [0, 0.05) is 30.0 Å². The second kappa shape index (κ2) is 7.57. The van der Waals surface area contributed by atoms with Crippen molar-refractivity contribution >= 4 is 23.3 Å². The van der Waals surface area contributed by atoms with Gasteiger partial charge in [0.1, 0.15) is 11.6 Å². The minimum Gasteiger partial charge on any atom is -0.492 e. The number of ether oxygens (including phenoxy) is 1. The van der Waals surface area contributed by atoms with E-state index < -0.39 is 0 Å². The third kappa shape index (κ3) is 3.64. The number of benzene rings is 1. The largest absolute Gasteiger partial charge is 0.492 e. The van der Waals surface area contributed by atoms with Crippen molar-refractivity contribution in [2.45, 2.75) is 32.2 Å². The molecule has 128 valence electrons. The molecule has 2 N–H and O–H groups in total. The number of aromatic amines is 1. The lowest BCUT2D eigenvalue weighted by molar-refractivity contribution is 0.159. The molecule has 0 saturated carbocycles. The van der Waals surface area contributed by atoms with E-state index in [0.717, 1.165) is 25.1 Å². The van der Waals surface area contributed by atoms with Gasteiger partial charge in [0.2, 0.25) is 0 Å². The fourth-order valence-corrected chi connectivity index (χ4v) is 3.14. The summed E-state index contributed by atoms with van der Waals surface area (Å²) in [5.41, 5.74) is 0.620. The Bertz CT molecular complexity index is 690. The molecule has 1 aromatic heterocycles. The third-order valence-electron chi connectivity index (χ3n) is 4.08. The van der Waals surface area contributed by atoms with Gasteiger partial charge in [-0.15, -0.1) is 0 Å². The zero-order valence-corrected chi connectivity index (χ0v) is 14.3. The number of amides is 2. The van der Waals surface area contributed by atoms with Crippen molar-refractivity contribution in [2.24, 2.45) is 0 Å². The summed E-state index contributed by atoms with van der Waals surface area (Å²) < 4.78 is 5.57. The molecule has 2 aromatic rings. The van der Waals surface area contributed by atoms with Crippen LogP contribution >= 0.6 is 11.6 Å². The monoisotopic (exact) mass is 348 g/mol. The Balaban J connectivity index is 1.78. The Kier molecular flexibility index (Phi) is 5.25. The zero-order valence-electron chi connectivity index (χ0n) is 13.6. The minimum absolute atomic E-state index is 0.0309. The van der Waals surface area contributed by atoms with E-state index in [9.17, 15) is 4.79 Å². The van der Waals surface area contributed by atoms with E-state index in [4.69, 9.17) is 16.3 Å². The Labute approximate surface area is 146 Å². The summed E-state index contributed by atoms with van der Waals surface area (Å²) in [6, 6.07) is 5.02. The van der Waals surface area contributed by atoms with Crippen LogP contribution in [0, 0.1) is 0 Å². The van der Waals surface area contributed by atoms with Crippen LogP contribution in [0.4, 0.5) is 10.5 Å². The number of anilines is 1. The predicted molar refractivity (Wildman–Crippen MR) is 93.5 cm³/mol. The molecule has 1 aliphatic heterocycles. The summed E-state index contributed by atoms with van der Waals surface area (Å²) in [6.07, 6.45) is 6.47. The smallest absolute Gasteiger partial charge is 0.322 e. The van der Waals surface area contributed by atoms with Gasteiger partial charge >= 0.3 is 6.03 Å². The number of rotatable bonds is 4. The van der Waals surface area contributed by atoms with Gasteiger partial charge in [-0.2, -0.15) is 0 Å². The molecule has 1 aliphatic rings. The fraction of sp³-hybridized carbons (Fsp3) is 0.412. The molecule has 7 heteroatoms. The van der Waals surface area contributed by atoms with E-state index in [0.29, 0.717) is 29.6 Å². The van der Waals surface area contributed by atoms with Gasteiger partial charge in [0.15, 0.2) is 0 Å². The van der Waals surface area contributed by atoms with Crippen LogP contribution in [-0.4, -0.2) is 34.1 Å². The number of piperidine rings is 1. The molecular formula is C17H21ClN4O2. The summed E-state index contributed by atoms with van der Waals surface area (Å²) >= 11 is 6.01. The SMILES string of the molecule is CCOc1cc(Cl)ccc1NC(=O)N1CCCC[C@@H]1c1ncc[nH]1. The number of H-pyrrole nitrogens is 1. The van der Waals surface area contributed by atoms with Crippen LogP contribution in [0.25, 0.3) is 0 Å². The first-order chi connectivity index (χ1) is 11.7. The van der Waals surface area contributed by atoms with Gasteiger partial charge in [-0.05, 0) is 38.3 Å². The number of nitrogens with one attached hydrogen (secondary N) is 2. The maximum absolute atomic E-state index is 12.8. The normalized spacial score (nSPS) is 17.6. The van der Waals surface area contributed by atoms with E-state index >= 15 is 0 Å². The molecule has 2 amide bonds. The topological polar surface area (TPSA) is 70.2 Å². The number of hydrogen-bond donors (Lipinski definition) is 2. The second-order valence-corrected chi connectivity index (χ2v) is 6.12. The Morgan fingerprint density at radius 3 is 3.12 bits per heavy atom. The number of carbonyl (C=O) groups is 1. The van der Waals surface area contributed by atoms with E-state index in [1.165, 1.54) is 0 Å². The third-order valence-corrected chi connectivity index (χ3v) is 4.32. The van der Waals surface area contributed by atoms with Crippen LogP contribution in [0.5, 0.6) is 5.75 Å². The Hall–Kier alpha value is -2.21. The maximum atomic E-state index is 12.8. The molecule has 1 saturated heterocycles. The van der Waals surface area contributed by atoms with Gasteiger partial charge in [-0.3, -0.25) is 0 Å². The van der Waals surface area contributed by atoms with Crippen molar-refractivity contribution < 1.29 is 9.53 Å². The van der Waals surface area contributed by atoms with Crippen LogP contribution in [0.3, 0.4) is 0 Å². The van der Waals surface area contributed by atoms with Crippen LogP contribution in [0.1, 0.15) is 38.1 Å². The summed E-state index contributed by atoms with van der Waals surface area (Å²) in [7, 11) is 0. The minimum atomic E-state index is -0.153. The van der Waals surface area contributed by atoms with Crippen molar-refractivity contribution in [3.63, 3.8) is 0 Å². The molecular weight excluding hydrogens is 328 g/mol. The lowest BCUT2D eigenvalue weighted by Crippen LogP contribution is -2.41. The summed E-state index contributed by atoms with van der Waals surface area (Å²) in [4.78, 5) is 22.1. The number of nitrogens with zero attached hydrogens (tertiary/aromatic N) is 2. The van der Waals surface area contributed by atoms with Crippen molar-refractivity contribution in [1.29, 1.82) is 0 Å². The maximum Gasteiger partial charge on any atom is 0.322 e. The number of urea groups is 1. The molecule has 3 rings (SSSR count). The van der Waals surface area contributed by atoms with E-state index in [1.807, 2.05) is 11.8 Å². The number of imidazole rings is 1. The quantitative estimate of drug-likeness (QED) is 0.869. The number of aromatic nitrogens is 2. The van der Waals surface area contributed by atoms with Gasteiger partial charge < -0.3 is 19.9 Å². The van der Waals surface area contributed by atoms with Crippen LogP contribution in [-0.2, 0) is 0 Å². The lowest BCUT2D eigenvalue weighted by atomic mass is 10.0. The van der Waals surface area contributed by atoms with Crippen LogP contribution in [0.2, 0.25) is 5.02 Å². The average Bonchev–Trinajstić information content (AvgIpc) is 3.12. The number of hydrogen-bond acceptors (Lipinski definition) is 3. The van der Waals surface area contributed by atoms with Crippen molar-refractivity contribution in [3.05, 3.63) is 41.4 Å². The van der Waals surface area contributed by atoms with Gasteiger partial charge in [-0.25, -0.2) is 9.78 Å². The summed E-state index contributed by atoms with van der Waals surface area (Å²) in [5.74, 6) is 1.40. The Morgan fingerprint density at radius 2 is 2.38 bits per heavy atom. The molecule has 1 aromatic carbocycles. The molecule has 1 atom stereocenters. The highest BCUT2D eigenvalue weighted by Gasteiger charge is 2.30. The summed E-state index contributed by atoms with van der Waals surface area (Å²) in [5, 5.41) is 3.52. The zero-order chi connectivity index (χ0) is 16.9. The van der Waals surface area contributed by atoms with Crippen molar-refractivity contribution in [2.75, 3.05) is 18.5 Å². The summed E-state index contributed by atoms with van der Waals surface area (Å²) in [6.45, 7) is 3.10. The molecule has 0 radical (unpaired) electrons. The first kappa shape index (κ1) is 16.6. The molecule has 0 spiro atoms. The van der Waals surface area contributed by atoms with Crippen molar-refractivity contribution in [3.8, 4) is 5.75 Å². The molecule has 0 bridgehead atoms. The van der Waals surface area contributed by atoms with E-state index in [1.54, 1.807) is 30.6 Å². The van der Waals surface area contributed by atoms with Crippen LogP contribution < -0.4 is 10.1 Å². The van der Waals surface area contributed by atoms with E-state index in [2.05, 4.69) is 15.3 Å². The van der Waals surface area contributed by atoms with Gasteiger partial charge in [0.05, 0.1) is 18.3 Å². The molecule has 1 fully saturated rings. The van der Waals surface area contributed by atoms with Gasteiger partial charge in [-0.1, -0.05) is 11.6 Å². The highest BCUT2D eigenvalue weighted by atomic mass is 35.5. The van der Waals surface area contributed by atoms with Crippen LogP contribution in [0.15, 0.2) is 30.6 Å². The first-order valence-corrected chi connectivity index (χ1v) is 8.56. The number of likely N-dealkylation sites (tertiary alicyclic amines) is 1. The molecule has 0 unspecified atom stereocenters. The Morgan fingerprint density at radius 1 is 1.50 bits per heavy atom. The lowest BCUT2D eigenvalue weighted by Gasteiger charge is -2.34. The highest BCUT2D eigenvalue weighted by Crippen LogP contribution is 2.32. The number of carbonyl (C=O) groups excluding carboxylic acids is 1. The highest BCUT2D eigenvalue weighted by molar-refractivity contribution is 6.30. The molecule has 24 heavy (non-hydrogen) atoms. The van der Waals surface area contributed by atoms with Gasteiger partial charge in [0.25, 0.3) is 0 Å². The molecule has 0 aliphatic carbocycles. The predicted octanol–water partition coefficient (Wildman–Crippen LogP) is 4.22. The van der Waals surface area contributed by atoms with E-state index in [-0.39, 0.29) is 12.1 Å². The molecule has 2 heterocycles. The molecule has 6 nitrogen and oxygen atoms in total. The number of halogens is 1. The standard InChI is InChI=1S/C17H21ClN4O2/c1-2-24-15-11-12(18)6-7-13(15)21-17(23)22-10-4-3-5-14(22)16-19-8-9-20-16/h6-9,11,14H,2-5,10H2,1H3,(H,19,20)(H,21,23)/t14-/m1/s1. The average molecular weight is 349 g/mol.